The number of hydrogen-bond donors (Lipinski definition) is 2. The molecule has 0 aromatic heterocycles. The standard InChI is InChI=1S/C17H22N2O6S/c1-3-8-18-26(23,24)15-6-4-12(5-7-15)17(22)19-11-14(25-2)9-13(19)10-16(20)21/h3-7,13-14,18H,1,8-11H2,2H3,(H,20,21). The van der Waals surface area contributed by atoms with E-state index in [1.165, 1.54) is 42.4 Å². The fourth-order valence-electron chi connectivity index (χ4n) is 2.88. The van der Waals surface area contributed by atoms with Crippen LogP contribution in [-0.2, 0) is 19.6 Å². The Morgan fingerprint density at radius 1 is 1.38 bits per heavy atom. The molecule has 0 spiro atoms. The van der Waals surface area contributed by atoms with Gasteiger partial charge in [0.05, 0.1) is 17.4 Å². The minimum atomic E-state index is -3.67. The molecule has 0 radical (unpaired) electrons. The van der Waals surface area contributed by atoms with Crippen molar-refractivity contribution in [1.29, 1.82) is 0 Å². The van der Waals surface area contributed by atoms with Crippen LogP contribution in [0.3, 0.4) is 0 Å². The number of likely N-dealkylation sites (tertiary alicyclic amines) is 1. The van der Waals surface area contributed by atoms with Gasteiger partial charge in [-0.25, -0.2) is 13.1 Å². The molecular formula is C17H22N2O6S. The number of nitrogens with one attached hydrogen (secondary N) is 1. The van der Waals surface area contributed by atoms with Gasteiger partial charge in [-0.2, -0.15) is 0 Å². The molecule has 1 heterocycles. The second kappa shape index (κ2) is 8.43. The van der Waals surface area contributed by atoms with Crippen molar-refractivity contribution in [2.24, 2.45) is 0 Å². The van der Waals surface area contributed by atoms with Crippen LogP contribution in [0.25, 0.3) is 0 Å². The Labute approximate surface area is 152 Å². The van der Waals surface area contributed by atoms with Gasteiger partial charge < -0.3 is 14.7 Å². The van der Waals surface area contributed by atoms with Crippen molar-refractivity contribution in [3.8, 4) is 0 Å². The van der Waals surface area contributed by atoms with Crippen LogP contribution in [0.2, 0.25) is 0 Å². The Bertz CT molecular complexity index is 775. The molecule has 1 aromatic carbocycles. The number of ether oxygens (including phenoxy) is 1. The number of amides is 1. The molecule has 0 saturated carbocycles. The molecule has 1 aliphatic heterocycles. The summed E-state index contributed by atoms with van der Waals surface area (Å²) in [7, 11) is -2.15. The molecule has 1 saturated heterocycles. The maximum atomic E-state index is 12.7. The summed E-state index contributed by atoms with van der Waals surface area (Å²) in [5, 5.41) is 9.04. The van der Waals surface area contributed by atoms with Crippen molar-refractivity contribution in [1.82, 2.24) is 9.62 Å². The summed E-state index contributed by atoms with van der Waals surface area (Å²) < 4.78 is 31.7. The maximum Gasteiger partial charge on any atom is 0.305 e. The number of rotatable bonds is 8. The van der Waals surface area contributed by atoms with Gasteiger partial charge in [-0.3, -0.25) is 9.59 Å². The van der Waals surface area contributed by atoms with Crippen LogP contribution in [0, 0.1) is 0 Å². The molecule has 2 unspecified atom stereocenters. The van der Waals surface area contributed by atoms with Crippen LogP contribution in [-0.4, -0.2) is 62.6 Å². The maximum absolute atomic E-state index is 12.7. The van der Waals surface area contributed by atoms with E-state index in [2.05, 4.69) is 11.3 Å². The molecule has 1 fully saturated rings. The number of carbonyl (C=O) groups is 2. The van der Waals surface area contributed by atoms with Gasteiger partial charge in [0.15, 0.2) is 0 Å². The molecule has 1 aliphatic rings. The number of aliphatic carboxylic acids is 1. The minimum Gasteiger partial charge on any atom is -0.481 e. The highest BCUT2D eigenvalue weighted by atomic mass is 32.2. The first-order chi connectivity index (χ1) is 12.3. The van der Waals surface area contributed by atoms with Gasteiger partial charge in [-0.15, -0.1) is 6.58 Å². The summed E-state index contributed by atoms with van der Waals surface area (Å²) in [4.78, 5) is 25.3. The molecule has 9 heteroatoms. The van der Waals surface area contributed by atoms with Gasteiger partial charge in [0.2, 0.25) is 10.0 Å². The number of carboxylic acids is 1. The van der Waals surface area contributed by atoms with Crippen LogP contribution >= 0.6 is 0 Å². The zero-order chi connectivity index (χ0) is 19.3. The van der Waals surface area contributed by atoms with Crippen molar-refractivity contribution in [3.05, 3.63) is 42.5 Å². The Morgan fingerprint density at radius 2 is 2.04 bits per heavy atom. The van der Waals surface area contributed by atoms with Crippen LogP contribution in [0.1, 0.15) is 23.2 Å². The molecule has 142 valence electrons. The first-order valence-electron chi connectivity index (χ1n) is 8.04. The number of hydrogen-bond acceptors (Lipinski definition) is 5. The normalized spacial score (nSPS) is 20.1. The largest absolute Gasteiger partial charge is 0.481 e. The minimum absolute atomic E-state index is 0.0363. The predicted molar refractivity (Wildman–Crippen MR) is 94.3 cm³/mol. The average Bonchev–Trinajstić information content (AvgIpc) is 3.01. The third kappa shape index (κ3) is 4.69. The van der Waals surface area contributed by atoms with Crippen molar-refractivity contribution >= 4 is 21.9 Å². The number of sulfonamides is 1. The number of benzene rings is 1. The van der Waals surface area contributed by atoms with Crippen LogP contribution < -0.4 is 4.72 Å². The van der Waals surface area contributed by atoms with E-state index in [-0.39, 0.29) is 29.9 Å². The fourth-order valence-corrected chi connectivity index (χ4v) is 3.88. The molecule has 1 amide bonds. The lowest BCUT2D eigenvalue weighted by molar-refractivity contribution is -0.138. The number of nitrogens with zero attached hydrogens (tertiary/aromatic N) is 1. The third-order valence-corrected chi connectivity index (χ3v) is 5.65. The van der Waals surface area contributed by atoms with Crippen LogP contribution in [0.4, 0.5) is 0 Å². The van der Waals surface area contributed by atoms with E-state index >= 15 is 0 Å². The highest BCUT2D eigenvalue weighted by molar-refractivity contribution is 7.89. The Kier molecular flexibility index (Phi) is 6.52. The molecule has 1 aromatic rings. The monoisotopic (exact) mass is 382 g/mol. The van der Waals surface area contributed by atoms with E-state index < -0.39 is 22.0 Å². The Hall–Kier alpha value is -2.23. The Morgan fingerprint density at radius 3 is 2.58 bits per heavy atom. The van der Waals surface area contributed by atoms with Gasteiger partial charge in [-0.1, -0.05) is 6.08 Å². The van der Waals surface area contributed by atoms with Crippen LogP contribution in [0.15, 0.2) is 41.8 Å². The van der Waals surface area contributed by atoms with E-state index in [0.717, 1.165) is 0 Å². The van der Waals surface area contributed by atoms with Gasteiger partial charge in [0.1, 0.15) is 0 Å². The predicted octanol–water partition coefficient (Wildman–Crippen LogP) is 0.855. The molecule has 8 nitrogen and oxygen atoms in total. The highest BCUT2D eigenvalue weighted by Crippen LogP contribution is 2.25. The molecule has 0 bridgehead atoms. The summed E-state index contributed by atoms with van der Waals surface area (Å²) in [6.07, 6.45) is 1.50. The highest BCUT2D eigenvalue weighted by Gasteiger charge is 2.36. The molecule has 0 aliphatic carbocycles. The molecule has 2 atom stereocenters. The molecule has 2 rings (SSSR count). The van der Waals surface area contributed by atoms with E-state index in [4.69, 9.17) is 9.84 Å². The topological polar surface area (TPSA) is 113 Å². The number of carbonyl (C=O) groups excluding carboxylic acids is 1. The second-order valence-electron chi connectivity index (χ2n) is 5.97. The SMILES string of the molecule is C=CCNS(=O)(=O)c1ccc(C(=O)N2CC(OC)CC2CC(=O)O)cc1. The zero-order valence-corrected chi connectivity index (χ0v) is 15.2. The van der Waals surface area contributed by atoms with E-state index in [0.29, 0.717) is 18.5 Å². The van der Waals surface area contributed by atoms with E-state index in [1.54, 1.807) is 0 Å². The first-order valence-corrected chi connectivity index (χ1v) is 9.53. The van der Waals surface area contributed by atoms with Gasteiger partial charge in [-0.05, 0) is 30.7 Å². The lowest BCUT2D eigenvalue weighted by Gasteiger charge is -2.23. The van der Waals surface area contributed by atoms with Gasteiger partial charge in [0.25, 0.3) is 5.91 Å². The Balaban J connectivity index is 2.18. The summed E-state index contributed by atoms with van der Waals surface area (Å²) in [6.45, 7) is 3.85. The summed E-state index contributed by atoms with van der Waals surface area (Å²) in [6, 6.07) is 5.07. The van der Waals surface area contributed by atoms with Gasteiger partial charge in [0, 0.05) is 31.8 Å². The fraction of sp³-hybridized carbons (Fsp3) is 0.412. The first kappa shape index (κ1) is 20.1. The summed E-state index contributed by atoms with van der Waals surface area (Å²) in [5.41, 5.74) is 0.291. The summed E-state index contributed by atoms with van der Waals surface area (Å²) >= 11 is 0. The molecular weight excluding hydrogens is 360 g/mol. The van der Waals surface area contributed by atoms with Gasteiger partial charge >= 0.3 is 5.97 Å². The van der Waals surface area contributed by atoms with Crippen molar-refractivity contribution in [2.75, 3.05) is 20.2 Å². The molecule has 26 heavy (non-hydrogen) atoms. The zero-order valence-electron chi connectivity index (χ0n) is 14.4. The lowest BCUT2D eigenvalue weighted by atomic mass is 10.1. The average molecular weight is 382 g/mol. The van der Waals surface area contributed by atoms with E-state index in [1.807, 2.05) is 0 Å². The number of carboxylic acid groups (broad SMARTS) is 1. The molecule has 2 N–H and O–H groups in total. The lowest BCUT2D eigenvalue weighted by Crippen LogP contribution is -2.37. The number of methoxy groups -OCH3 is 1. The van der Waals surface area contributed by atoms with Crippen molar-refractivity contribution < 1.29 is 27.9 Å². The third-order valence-electron chi connectivity index (χ3n) is 4.21. The van der Waals surface area contributed by atoms with Crippen LogP contribution in [0.5, 0.6) is 0 Å². The van der Waals surface area contributed by atoms with Crippen molar-refractivity contribution in [2.45, 2.75) is 29.9 Å². The smallest absolute Gasteiger partial charge is 0.305 e. The summed E-state index contributed by atoms with van der Waals surface area (Å²) in [5.74, 6) is -1.34. The van der Waals surface area contributed by atoms with Crippen molar-refractivity contribution in [3.63, 3.8) is 0 Å². The second-order valence-corrected chi connectivity index (χ2v) is 7.73. The van der Waals surface area contributed by atoms with E-state index in [9.17, 15) is 18.0 Å². The quantitative estimate of drug-likeness (QED) is 0.645.